The van der Waals surface area contributed by atoms with Crippen LogP contribution in [0.2, 0.25) is 5.02 Å². The van der Waals surface area contributed by atoms with E-state index in [0.29, 0.717) is 54.0 Å². The second-order valence-corrected chi connectivity index (χ2v) is 14.8. The van der Waals surface area contributed by atoms with Gasteiger partial charge in [0, 0.05) is 67.4 Å². The van der Waals surface area contributed by atoms with Gasteiger partial charge in [0.15, 0.2) is 5.82 Å². The Morgan fingerprint density at radius 1 is 0.826 bits per heavy atom. The molecule has 5 aliphatic rings. The summed E-state index contributed by atoms with van der Waals surface area (Å²) in [5.41, 5.74) is 4.93. The molecule has 8 nitrogen and oxygen atoms in total. The molecule has 5 aromatic rings. The largest absolute Gasteiger partial charge is 0.338 e. The monoisotopic (exact) mass is 630 g/mol. The molecule has 3 saturated carbocycles. The summed E-state index contributed by atoms with van der Waals surface area (Å²) in [4.78, 5) is 41.1. The van der Waals surface area contributed by atoms with E-state index in [1.165, 1.54) is 19.3 Å². The number of imidazole rings is 1. The number of pyridine rings is 1. The molecular weight excluding hydrogens is 596 g/mol. The van der Waals surface area contributed by atoms with E-state index in [4.69, 9.17) is 21.6 Å². The molecule has 5 heterocycles. The van der Waals surface area contributed by atoms with Crippen molar-refractivity contribution in [2.24, 2.45) is 29.6 Å². The minimum absolute atomic E-state index is 0.0671. The van der Waals surface area contributed by atoms with Crippen molar-refractivity contribution in [3.05, 3.63) is 83.0 Å². The van der Waals surface area contributed by atoms with Gasteiger partial charge < -0.3 is 18.9 Å². The van der Waals surface area contributed by atoms with E-state index < -0.39 is 0 Å². The lowest BCUT2D eigenvalue weighted by atomic mass is 9.53. The molecule has 5 fully saturated rings. The van der Waals surface area contributed by atoms with E-state index in [1.54, 1.807) is 0 Å². The fourth-order valence-electron chi connectivity index (χ4n) is 8.97. The first-order chi connectivity index (χ1) is 22.5. The van der Waals surface area contributed by atoms with Crippen molar-refractivity contribution >= 4 is 45.5 Å². The summed E-state index contributed by atoms with van der Waals surface area (Å²) in [6.45, 7) is 3.79. The van der Waals surface area contributed by atoms with Crippen LogP contribution in [0.15, 0.2) is 66.9 Å². The van der Waals surface area contributed by atoms with Crippen LogP contribution in [-0.2, 0) is 13.1 Å². The maximum absolute atomic E-state index is 13.9. The zero-order chi connectivity index (χ0) is 30.7. The predicted octanol–water partition coefficient (Wildman–Crippen LogP) is 6.37. The van der Waals surface area contributed by atoms with Gasteiger partial charge in [-0.2, -0.15) is 0 Å². The Balaban J connectivity index is 1.04. The third kappa shape index (κ3) is 4.05. The zero-order valence-corrected chi connectivity index (χ0v) is 26.3. The number of hydrogen-bond donors (Lipinski definition) is 0. The van der Waals surface area contributed by atoms with E-state index in [0.717, 1.165) is 64.6 Å². The van der Waals surface area contributed by atoms with Gasteiger partial charge in [-0.15, -0.1) is 0 Å². The number of carbonyl (C=O) groups excluding carboxylic acids is 2. The second kappa shape index (κ2) is 9.91. The van der Waals surface area contributed by atoms with Gasteiger partial charge in [0.25, 0.3) is 11.8 Å². The number of carbonyl (C=O) groups is 2. The molecule has 0 spiro atoms. The minimum Gasteiger partial charge on any atom is -0.338 e. The number of rotatable bonds is 7. The van der Waals surface area contributed by atoms with Crippen LogP contribution >= 0.6 is 11.6 Å². The SMILES string of the molecule is O=C(c1ccccc1)N1CC(Cn2c(-c3cc4cccnc4n3CC3CC3)nc3cc(C(=O)N4CC5CC6CC4[C@H]65)cc(Cl)c32)C1. The third-order valence-electron chi connectivity index (χ3n) is 11.5. The Morgan fingerprint density at radius 2 is 1.65 bits per heavy atom. The summed E-state index contributed by atoms with van der Waals surface area (Å²) < 4.78 is 4.56. The first kappa shape index (κ1) is 27.0. The maximum Gasteiger partial charge on any atom is 0.254 e. The molecule has 0 bridgehead atoms. The molecule has 2 aromatic carbocycles. The van der Waals surface area contributed by atoms with Gasteiger partial charge in [0.2, 0.25) is 0 Å². The molecule has 0 radical (unpaired) electrons. The topological polar surface area (TPSA) is 76.3 Å². The average Bonchev–Trinajstić information content (AvgIpc) is 3.68. The lowest BCUT2D eigenvalue weighted by molar-refractivity contribution is -0.0204. The summed E-state index contributed by atoms with van der Waals surface area (Å²) in [6.07, 6.45) is 6.74. The van der Waals surface area contributed by atoms with Crippen LogP contribution in [0.5, 0.6) is 0 Å². The highest BCUT2D eigenvalue weighted by Crippen LogP contribution is 2.60. The van der Waals surface area contributed by atoms with E-state index in [2.05, 4.69) is 26.2 Å². The lowest BCUT2D eigenvalue weighted by Crippen LogP contribution is -2.53. The molecule has 3 unspecified atom stereocenters. The number of hydrogen-bond acceptors (Lipinski definition) is 4. The van der Waals surface area contributed by atoms with Gasteiger partial charge >= 0.3 is 0 Å². The fourth-order valence-corrected chi connectivity index (χ4v) is 9.28. The van der Waals surface area contributed by atoms with Crippen LogP contribution in [0, 0.1) is 29.6 Å². The summed E-state index contributed by atoms with van der Waals surface area (Å²) in [6, 6.07) is 20.0. The molecule has 232 valence electrons. The summed E-state index contributed by atoms with van der Waals surface area (Å²) >= 11 is 7.14. The molecule has 10 rings (SSSR count). The predicted molar refractivity (Wildman–Crippen MR) is 177 cm³/mol. The van der Waals surface area contributed by atoms with Gasteiger partial charge in [0.05, 0.1) is 21.7 Å². The number of likely N-dealkylation sites (tertiary alicyclic amines) is 2. The Morgan fingerprint density at radius 3 is 2.43 bits per heavy atom. The van der Waals surface area contributed by atoms with Crippen LogP contribution < -0.4 is 0 Å². The van der Waals surface area contributed by atoms with Crippen molar-refractivity contribution in [1.82, 2.24) is 28.9 Å². The zero-order valence-electron chi connectivity index (χ0n) is 25.6. The smallest absolute Gasteiger partial charge is 0.254 e. The van der Waals surface area contributed by atoms with E-state index in [1.807, 2.05) is 59.6 Å². The molecule has 0 N–H and O–H groups in total. The average molecular weight is 631 g/mol. The maximum atomic E-state index is 13.9. The van der Waals surface area contributed by atoms with Crippen LogP contribution in [0.3, 0.4) is 0 Å². The Bertz CT molecular complexity index is 2060. The van der Waals surface area contributed by atoms with Crippen LogP contribution in [0.4, 0.5) is 0 Å². The highest BCUT2D eigenvalue weighted by molar-refractivity contribution is 6.35. The Labute approximate surface area is 272 Å². The third-order valence-corrected chi connectivity index (χ3v) is 11.8. The van der Waals surface area contributed by atoms with Crippen molar-refractivity contribution in [3.63, 3.8) is 0 Å². The van der Waals surface area contributed by atoms with Gasteiger partial charge in [-0.05, 0) is 91.8 Å². The molecule has 46 heavy (non-hydrogen) atoms. The molecule has 2 amide bonds. The van der Waals surface area contributed by atoms with Crippen molar-refractivity contribution in [2.45, 2.75) is 44.8 Å². The normalized spacial score (nSPS) is 25.0. The van der Waals surface area contributed by atoms with Crippen molar-refractivity contribution in [1.29, 1.82) is 0 Å². The van der Waals surface area contributed by atoms with Crippen molar-refractivity contribution in [2.75, 3.05) is 19.6 Å². The number of aromatic nitrogens is 4. The molecule has 3 aromatic heterocycles. The highest BCUT2D eigenvalue weighted by Gasteiger charge is 2.61. The molecular formula is C37H35ClN6O2. The molecule has 3 aliphatic carbocycles. The van der Waals surface area contributed by atoms with E-state index in [9.17, 15) is 9.59 Å². The van der Waals surface area contributed by atoms with Crippen LogP contribution in [0.1, 0.15) is 46.4 Å². The number of halogens is 1. The summed E-state index contributed by atoms with van der Waals surface area (Å²) in [7, 11) is 0. The summed E-state index contributed by atoms with van der Waals surface area (Å²) in [5.74, 6) is 4.12. The van der Waals surface area contributed by atoms with E-state index >= 15 is 0 Å². The van der Waals surface area contributed by atoms with Gasteiger partial charge in [0.1, 0.15) is 5.65 Å². The van der Waals surface area contributed by atoms with Crippen molar-refractivity contribution < 1.29 is 9.59 Å². The molecule has 9 heteroatoms. The number of amides is 2. The quantitative estimate of drug-likeness (QED) is 0.209. The molecule has 4 atom stereocenters. The Hall–Kier alpha value is -4.17. The number of benzene rings is 2. The van der Waals surface area contributed by atoms with Gasteiger partial charge in [-0.3, -0.25) is 9.59 Å². The molecule has 2 aliphatic heterocycles. The number of fused-ring (bicyclic) bond motifs is 2. The molecule has 2 saturated heterocycles. The van der Waals surface area contributed by atoms with Crippen molar-refractivity contribution in [3.8, 4) is 11.5 Å². The van der Waals surface area contributed by atoms with Gasteiger partial charge in [-0.25, -0.2) is 9.97 Å². The number of nitrogens with zero attached hydrogens (tertiary/aromatic N) is 6. The minimum atomic E-state index is 0.0671. The first-order valence-electron chi connectivity index (χ1n) is 16.8. The standard InChI is InChI=1S/C37H35ClN6O2/c38-28-12-26(37(46)43-20-27-11-25-15-30(43)32(25)27)13-29-33(28)44(19-22-16-41(17-22)36(45)23-5-2-1-3-6-23)35(40-29)31-14-24-7-4-10-39-34(24)42(31)18-21-8-9-21/h1-7,10,12-14,21-22,25,27,30,32H,8-9,11,15-20H2/t25?,27?,30?,32-/m1/s1. The Kier molecular flexibility index (Phi) is 5.82. The van der Waals surface area contributed by atoms with Crippen LogP contribution in [0.25, 0.3) is 33.6 Å². The lowest BCUT2D eigenvalue weighted by Gasteiger charge is -2.52. The van der Waals surface area contributed by atoms with Gasteiger partial charge in [-0.1, -0.05) is 29.8 Å². The summed E-state index contributed by atoms with van der Waals surface area (Å²) in [5, 5.41) is 1.64. The first-order valence-corrected chi connectivity index (χ1v) is 17.2. The second-order valence-electron chi connectivity index (χ2n) is 14.4. The highest BCUT2D eigenvalue weighted by atomic mass is 35.5. The van der Waals surface area contributed by atoms with Crippen LogP contribution in [-0.4, -0.2) is 66.4 Å². The van der Waals surface area contributed by atoms with E-state index in [-0.39, 0.29) is 17.7 Å². The fraction of sp³-hybridized carbons (Fsp3) is 0.405.